The third-order valence-corrected chi connectivity index (χ3v) is 2.52. The summed E-state index contributed by atoms with van der Waals surface area (Å²) >= 11 is 0. The Morgan fingerprint density at radius 3 is 2.50 bits per heavy atom. The van der Waals surface area contributed by atoms with Crippen LogP contribution in [0.15, 0.2) is 18.2 Å². The predicted molar refractivity (Wildman–Crippen MR) is 61.5 cm³/mol. The molecule has 3 nitrogen and oxygen atoms in total. The van der Waals surface area contributed by atoms with Gasteiger partial charge in [-0.15, -0.1) is 0 Å². The molecule has 0 bridgehead atoms. The molecule has 0 amide bonds. The number of esters is 1. The van der Waals surface area contributed by atoms with Crippen molar-refractivity contribution >= 4 is 11.8 Å². The fourth-order valence-electron chi connectivity index (χ4n) is 1.62. The smallest absolute Gasteiger partial charge is 0.305 e. The van der Waals surface area contributed by atoms with E-state index in [4.69, 9.17) is 0 Å². The van der Waals surface area contributed by atoms with Crippen molar-refractivity contribution in [1.29, 1.82) is 0 Å². The molecule has 0 atom stereocenters. The number of ether oxygens (including phenoxy) is 1. The van der Waals surface area contributed by atoms with Crippen molar-refractivity contribution < 1.29 is 14.3 Å². The molecule has 86 valence electrons. The van der Waals surface area contributed by atoms with Crippen LogP contribution < -0.4 is 0 Å². The average molecular weight is 220 g/mol. The lowest BCUT2D eigenvalue weighted by Crippen LogP contribution is -2.03. The van der Waals surface area contributed by atoms with Gasteiger partial charge in [-0.25, -0.2) is 0 Å². The molecule has 1 aromatic rings. The molecular formula is C13H16O3. The Labute approximate surface area is 95.4 Å². The second kappa shape index (κ2) is 5.45. The number of ketones is 1. The number of aryl methyl sites for hydroxylation is 2. The highest BCUT2D eigenvalue weighted by Gasteiger charge is 2.06. The molecule has 0 unspecified atom stereocenters. The fourth-order valence-corrected chi connectivity index (χ4v) is 1.62. The minimum absolute atomic E-state index is 0.0667. The molecule has 0 aliphatic carbocycles. The van der Waals surface area contributed by atoms with Gasteiger partial charge in [0.15, 0.2) is 5.78 Å². The normalized spacial score (nSPS) is 9.94. The first kappa shape index (κ1) is 12.4. The summed E-state index contributed by atoms with van der Waals surface area (Å²) in [6.07, 6.45) is 1.01. The Kier molecular flexibility index (Phi) is 4.23. The second-order valence-corrected chi connectivity index (χ2v) is 3.78. The first-order valence-corrected chi connectivity index (χ1v) is 5.22. The Morgan fingerprint density at radius 1 is 1.31 bits per heavy atom. The molecule has 0 radical (unpaired) electrons. The highest BCUT2D eigenvalue weighted by atomic mass is 16.5. The van der Waals surface area contributed by atoms with Crippen LogP contribution in [0.1, 0.15) is 34.8 Å². The summed E-state index contributed by atoms with van der Waals surface area (Å²) in [5.41, 5.74) is 2.74. The van der Waals surface area contributed by atoms with Crippen LogP contribution in [0.25, 0.3) is 0 Å². The minimum Gasteiger partial charge on any atom is -0.469 e. The molecule has 3 heteroatoms. The van der Waals surface area contributed by atoms with Crippen molar-refractivity contribution in [2.24, 2.45) is 0 Å². The average Bonchev–Trinajstić information content (AvgIpc) is 2.25. The maximum absolute atomic E-state index is 11.2. The highest BCUT2D eigenvalue weighted by Crippen LogP contribution is 2.13. The van der Waals surface area contributed by atoms with Gasteiger partial charge < -0.3 is 4.74 Å². The highest BCUT2D eigenvalue weighted by molar-refractivity contribution is 5.95. The van der Waals surface area contributed by atoms with E-state index in [2.05, 4.69) is 4.74 Å². The van der Waals surface area contributed by atoms with Gasteiger partial charge in [0.1, 0.15) is 0 Å². The molecule has 1 rings (SSSR count). The lowest BCUT2D eigenvalue weighted by atomic mass is 10.0. The molecule has 0 aliphatic heterocycles. The van der Waals surface area contributed by atoms with Crippen molar-refractivity contribution in [3.8, 4) is 0 Å². The topological polar surface area (TPSA) is 43.4 Å². The molecule has 16 heavy (non-hydrogen) atoms. The number of hydrogen-bond donors (Lipinski definition) is 0. The first-order valence-electron chi connectivity index (χ1n) is 5.22. The van der Waals surface area contributed by atoms with E-state index in [9.17, 15) is 9.59 Å². The number of rotatable bonds is 4. The Balaban J connectivity index is 2.74. The van der Waals surface area contributed by atoms with E-state index in [1.54, 1.807) is 6.92 Å². The van der Waals surface area contributed by atoms with E-state index in [-0.39, 0.29) is 11.8 Å². The van der Waals surface area contributed by atoms with Crippen LogP contribution in [0.3, 0.4) is 0 Å². The molecule has 1 aromatic carbocycles. The van der Waals surface area contributed by atoms with Crippen molar-refractivity contribution in [1.82, 2.24) is 0 Å². The maximum Gasteiger partial charge on any atom is 0.305 e. The quantitative estimate of drug-likeness (QED) is 0.577. The third kappa shape index (κ3) is 3.19. The van der Waals surface area contributed by atoms with Crippen LogP contribution in [0.2, 0.25) is 0 Å². The van der Waals surface area contributed by atoms with Crippen LogP contribution in [0.4, 0.5) is 0 Å². The zero-order valence-corrected chi connectivity index (χ0v) is 9.87. The lowest BCUT2D eigenvalue weighted by Gasteiger charge is -2.05. The van der Waals surface area contributed by atoms with Gasteiger partial charge in [0.2, 0.25) is 0 Å². The Bertz CT molecular complexity index is 408. The number of hydrogen-bond acceptors (Lipinski definition) is 3. The van der Waals surface area contributed by atoms with Gasteiger partial charge in [0.05, 0.1) is 7.11 Å². The Morgan fingerprint density at radius 2 is 2.00 bits per heavy atom. The lowest BCUT2D eigenvalue weighted by molar-refractivity contribution is -0.140. The van der Waals surface area contributed by atoms with Gasteiger partial charge in [0.25, 0.3) is 0 Å². The SMILES string of the molecule is COC(=O)CCc1ccc(C(C)=O)c(C)c1. The van der Waals surface area contributed by atoms with Crippen molar-refractivity contribution in [2.45, 2.75) is 26.7 Å². The molecule has 0 heterocycles. The Hall–Kier alpha value is -1.64. The summed E-state index contributed by atoms with van der Waals surface area (Å²) in [6.45, 7) is 3.45. The largest absolute Gasteiger partial charge is 0.469 e. The monoisotopic (exact) mass is 220 g/mol. The predicted octanol–water partition coefficient (Wildman–Crippen LogP) is 2.30. The van der Waals surface area contributed by atoms with E-state index >= 15 is 0 Å². The molecule has 0 aromatic heterocycles. The molecule has 0 saturated carbocycles. The van der Waals surface area contributed by atoms with Crippen LogP contribution >= 0.6 is 0 Å². The molecule has 0 fully saturated rings. The van der Waals surface area contributed by atoms with Crippen LogP contribution in [-0.2, 0) is 16.0 Å². The number of benzene rings is 1. The summed E-state index contributed by atoms with van der Waals surface area (Å²) in [5.74, 6) is -0.148. The maximum atomic E-state index is 11.2. The van der Waals surface area contributed by atoms with Crippen molar-refractivity contribution in [3.63, 3.8) is 0 Å². The van der Waals surface area contributed by atoms with E-state index < -0.39 is 0 Å². The van der Waals surface area contributed by atoms with Crippen molar-refractivity contribution in [2.75, 3.05) is 7.11 Å². The number of methoxy groups -OCH3 is 1. The van der Waals surface area contributed by atoms with E-state index in [0.717, 1.165) is 16.7 Å². The van der Waals surface area contributed by atoms with E-state index in [1.807, 2.05) is 25.1 Å². The van der Waals surface area contributed by atoms with Crippen LogP contribution in [-0.4, -0.2) is 18.9 Å². The van der Waals surface area contributed by atoms with E-state index in [1.165, 1.54) is 7.11 Å². The first-order chi connectivity index (χ1) is 7.54. The summed E-state index contributed by atoms with van der Waals surface area (Å²) < 4.78 is 4.57. The van der Waals surface area contributed by atoms with Gasteiger partial charge in [-0.1, -0.05) is 18.2 Å². The zero-order chi connectivity index (χ0) is 12.1. The van der Waals surface area contributed by atoms with Gasteiger partial charge in [-0.3, -0.25) is 9.59 Å². The van der Waals surface area contributed by atoms with Gasteiger partial charge >= 0.3 is 5.97 Å². The van der Waals surface area contributed by atoms with Gasteiger partial charge in [0, 0.05) is 12.0 Å². The van der Waals surface area contributed by atoms with Gasteiger partial charge in [-0.05, 0) is 31.4 Å². The zero-order valence-electron chi connectivity index (χ0n) is 9.87. The summed E-state index contributed by atoms with van der Waals surface area (Å²) in [5, 5.41) is 0. The van der Waals surface area contributed by atoms with Crippen molar-refractivity contribution in [3.05, 3.63) is 34.9 Å². The summed E-state index contributed by atoms with van der Waals surface area (Å²) in [6, 6.07) is 5.64. The second-order valence-electron chi connectivity index (χ2n) is 3.78. The summed E-state index contributed by atoms with van der Waals surface area (Å²) in [4.78, 5) is 22.2. The molecule has 0 aliphatic rings. The number of Topliss-reactive ketones (excluding diaryl/α,β-unsaturated/α-hetero) is 1. The van der Waals surface area contributed by atoms with E-state index in [0.29, 0.717) is 12.8 Å². The standard InChI is InChI=1S/C13H16O3/c1-9-8-11(5-7-13(15)16-3)4-6-12(9)10(2)14/h4,6,8H,5,7H2,1-3H3. The fraction of sp³-hybridized carbons (Fsp3) is 0.385. The van der Waals surface area contributed by atoms with Crippen LogP contribution in [0, 0.1) is 6.92 Å². The number of carbonyl (C=O) groups is 2. The molecule has 0 N–H and O–H groups in total. The summed E-state index contributed by atoms with van der Waals surface area (Å²) in [7, 11) is 1.38. The van der Waals surface area contributed by atoms with Crippen LogP contribution in [0.5, 0.6) is 0 Å². The van der Waals surface area contributed by atoms with Gasteiger partial charge in [-0.2, -0.15) is 0 Å². The minimum atomic E-state index is -0.215. The molecular weight excluding hydrogens is 204 g/mol. The molecule has 0 saturated heterocycles. The third-order valence-electron chi connectivity index (χ3n) is 2.52. The molecule has 0 spiro atoms. The number of carbonyl (C=O) groups excluding carboxylic acids is 2.